The molecule has 1 saturated heterocycles. The van der Waals surface area contributed by atoms with E-state index in [1.165, 1.54) is 0 Å². The Balaban J connectivity index is 1.78. The first-order valence-corrected chi connectivity index (χ1v) is 11.1. The number of imide groups is 1. The van der Waals surface area contributed by atoms with Gasteiger partial charge in [0.2, 0.25) is 5.91 Å². The van der Waals surface area contributed by atoms with Crippen LogP contribution in [0.3, 0.4) is 0 Å². The van der Waals surface area contributed by atoms with E-state index in [1.54, 1.807) is 6.08 Å². The highest BCUT2D eigenvalue weighted by atomic mass is 16.4. The molecule has 3 rings (SSSR count). The first-order chi connectivity index (χ1) is 16.3. The minimum atomic E-state index is -1.23. The summed E-state index contributed by atoms with van der Waals surface area (Å²) in [6.45, 7) is 5.51. The molecule has 176 valence electrons. The number of carboxylic acids is 1. The maximum absolute atomic E-state index is 13.1. The second kappa shape index (κ2) is 11.1. The highest BCUT2D eigenvalue weighted by Gasteiger charge is 2.54. The van der Waals surface area contributed by atoms with Gasteiger partial charge in [0.1, 0.15) is 0 Å². The zero-order chi connectivity index (χ0) is 24.7. The third-order valence-corrected chi connectivity index (χ3v) is 5.71. The van der Waals surface area contributed by atoms with Gasteiger partial charge < -0.3 is 16.2 Å². The van der Waals surface area contributed by atoms with Gasteiger partial charge >= 0.3 is 12.0 Å². The van der Waals surface area contributed by atoms with E-state index in [4.69, 9.17) is 5.73 Å². The summed E-state index contributed by atoms with van der Waals surface area (Å²) < 4.78 is 0. The number of allylic oxidation sites excluding steroid dienone is 4. The fourth-order valence-electron chi connectivity index (χ4n) is 4.16. The van der Waals surface area contributed by atoms with Crippen LogP contribution in [0.15, 0.2) is 96.7 Å². The van der Waals surface area contributed by atoms with E-state index >= 15 is 0 Å². The molecule has 1 aliphatic rings. The summed E-state index contributed by atoms with van der Waals surface area (Å²) in [7, 11) is 0. The minimum absolute atomic E-state index is 0.282. The number of urea groups is 1. The molecule has 0 saturated carbocycles. The normalized spacial score (nSPS) is 18.1. The van der Waals surface area contributed by atoms with Crippen LogP contribution in [-0.2, 0) is 9.59 Å². The maximum atomic E-state index is 13.1. The number of hydrogen-bond donors (Lipinski definition) is 3. The largest absolute Gasteiger partial charge is 0.480 e. The molecule has 34 heavy (non-hydrogen) atoms. The van der Waals surface area contributed by atoms with Gasteiger partial charge in [-0.1, -0.05) is 79.4 Å². The van der Waals surface area contributed by atoms with Crippen LogP contribution in [0.1, 0.15) is 36.9 Å². The highest BCUT2D eigenvalue weighted by Crippen LogP contribution is 2.33. The summed E-state index contributed by atoms with van der Waals surface area (Å²) >= 11 is 0. The lowest BCUT2D eigenvalue weighted by Crippen LogP contribution is -2.68. The van der Waals surface area contributed by atoms with Gasteiger partial charge in [-0.15, -0.1) is 0 Å². The molecule has 2 aromatic carbocycles. The van der Waals surface area contributed by atoms with E-state index in [2.05, 4.69) is 11.9 Å². The number of nitrogens with two attached hydrogens (primary N) is 1. The SMILES string of the molecule is C=C(N)/C=C(\C=C/C)CC[C@H]1C(=O)N(C(=O)NC(c2ccccc2)c2ccccc2)[C@@H]1C(=O)O. The van der Waals surface area contributed by atoms with E-state index in [0.717, 1.165) is 21.6 Å². The predicted octanol–water partition coefficient (Wildman–Crippen LogP) is 4.15. The molecule has 1 aliphatic heterocycles. The van der Waals surface area contributed by atoms with Crippen molar-refractivity contribution in [3.8, 4) is 0 Å². The Labute approximate surface area is 199 Å². The average Bonchev–Trinajstić information content (AvgIpc) is 2.81. The van der Waals surface area contributed by atoms with Gasteiger partial charge in [0.25, 0.3) is 0 Å². The molecule has 0 aliphatic carbocycles. The fraction of sp³-hybridized carbons (Fsp3) is 0.222. The number of benzene rings is 2. The molecule has 1 heterocycles. The van der Waals surface area contributed by atoms with Crippen molar-refractivity contribution in [3.63, 3.8) is 0 Å². The standard InChI is InChI=1S/C27H29N3O4/c1-3-10-19(17-18(2)28)15-16-22-24(26(32)33)30(25(22)31)27(34)29-23(20-11-6-4-7-12-20)21-13-8-5-9-14-21/h3-14,17,22-24H,2,15-16,28H2,1H3,(H,29,34)(H,32,33)/b10-3-,19-17+/t22-,24+/m1/s1. The van der Waals surface area contributed by atoms with Crippen LogP contribution >= 0.6 is 0 Å². The topological polar surface area (TPSA) is 113 Å². The summed E-state index contributed by atoms with van der Waals surface area (Å²) in [5, 5.41) is 12.6. The zero-order valence-corrected chi connectivity index (χ0v) is 19.1. The van der Waals surface area contributed by atoms with Crippen LogP contribution in [0.25, 0.3) is 0 Å². The summed E-state index contributed by atoms with van der Waals surface area (Å²) in [4.78, 5) is 38.8. The molecule has 0 bridgehead atoms. The van der Waals surface area contributed by atoms with Gasteiger partial charge in [0, 0.05) is 5.70 Å². The molecule has 4 N–H and O–H groups in total. The monoisotopic (exact) mass is 459 g/mol. The summed E-state index contributed by atoms with van der Waals surface area (Å²) in [5.74, 6) is -2.51. The molecule has 0 aromatic heterocycles. The first kappa shape index (κ1) is 24.5. The van der Waals surface area contributed by atoms with Gasteiger partial charge in [-0.05, 0) is 42.5 Å². The molecule has 0 unspecified atom stereocenters. The van der Waals surface area contributed by atoms with Crippen molar-refractivity contribution in [3.05, 3.63) is 108 Å². The molecule has 7 nitrogen and oxygen atoms in total. The minimum Gasteiger partial charge on any atom is -0.480 e. The highest BCUT2D eigenvalue weighted by molar-refractivity contribution is 6.07. The summed E-state index contributed by atoms with van der Waals surface area (Å²) in [6.07, 6.45) is 6.08. The zero-order valence-electron chi connectivity index (χ0n) is 19.1. The van der Waals surface area contributed by atoms with Crippen LogP contribution in [0.4, 0.5) is 4.79 Å². The number of amides is 3. The number of β-lactam (4-membered cyclic amide) rings is 1. The van der Waals surface area contributed by atoms with E-state index in [0.29, 0.717) is 12.1 Å². The first-order valence-electron chi connectivity index (χ1n) is 11.1. The predicted molar refractivity (Wildman–Crippen MR) is 130 cm³/mol. The molecule has 2 aromatic rings. The van der Waals surface area contributed by atoms with Crippen molar-refractivity contribution in [2.45, 2.75) is 31.8 Å². The number of rotatable bonds is 9. The Morgan fingerprint density at radius 2 is 1.68 bits per heavy atom. The summed E-state index contributed by atoms with van der Waals surface area (Å²) in [5.41, 5.74) is 8.51. The van der Waals surface area contributed by atoms with Crippen molar-refractivity contribution in [1.29, 1.82) is 0 Å². The lowest BCUT2D eigenvalue weighted by Gasteiger charge is -2.43. The molecular formula is C27H29N3O4. The van der Waals surface area contributed by atoms with Crippen molar-refractivity contribution in [2.24, 2.45) is 11.7 Å². The van der Waals surface area contributed by atoms with E-state index in [1.807, 2.05) is 79.7 Å². The van der Waals surface area contributed by atoms with Gasteiger partial charge in [-0.2, -0.15) is 0 Å². The quantitative estimate of drug-likeness (QED) is 0.385. The Bertz CT molecular complexity index is 1070. The van der Waals surface area contributed by atoms with Crippen LogP contribution in [-0.4, -0.2) is 34.0 Å². The number of likely N-dealkylation sites (tertiary alicyclic amines) is 1. The number of carbonyl (C=O) groups is 3. The van der Waals surface area contributed by atoms with Gasteiger partial charge in [0.05, 0.1) is 12.0 Å². The average molecular weight is 460 g/mol. The molecule has 7 heteroatoms. The second-order valence-corrected chi connectivity index (χ2v) is 8.13. The molecule has 1 fully saturated rings. The molecule has 0 radical (unpaired) electrons. The Hall–Kier alpha value is -4.13. The van der Waals surface area contributed by atoms with Crippen LogP contribution in [0, 0.1) is 5.92 Å². The van der Waals surface area contributed by atoms with Crippen LogP contribution in [0.5, 0.6) is 0 Å². The van der Waals surface area contributed by atoms with Crippen LogP contribution in [0.2, 0.25) is 0 Å². The third kappa shape index (κ3) is 5.61. The fourth-order valence-corrected chi connectivity index (χ4v) is 4.16. The maximum Gasteiger partial charge on any atom is 0.327 e. The van der Waals surface area contributed by atoms with Crippen molar-refractivity contribution in [1.82, 2.24) is 10.2 Å². The van der Waals surface area contributed by atoms with Crippen molar-refractivity contribution < 1.29 is 19.5 Å². The lowest BCUT2D eigenvalue weighted by molar-refractivity contribution is -0.166. The number of aliphatic carboxylic acids is 1. The van der Waals surface area contributed by atoms with E-state index in [9.17, 15) is 19.5 Å². The number of carbonyl (C=O) groups excluding carboxylic acids is 2. The third-order valence-electron chi connectivity index (χ3n) is 5.71. The smallest absolute Gasteiger partial charge is 0.327 e. The van der Waals surface area contributed by atoms with E-state index < -0.39 is 35.9 Å². The Kier molecular flexibility index (Phi) is 8.03. The molecule has 3 amide bonds. The van der Waals surface area contributed by atoms with Gasteiger partial charge in [-0.3, -0.25) is 4.79 Å². The number of nitrogens with zero attached hydrogens (tertiary/aromatic N) is 1. The lowest BCUT2D eigenvalue weighted by atomic mass is 9.82. The Morgan fingerprint density at radius 1 is 1.12 bits per heavy atom. The van der Waals surface area contributed by atoms with Crippen molar-refractivity contribution >= 4 is 17.9 Å². The molecular weight excluding hydrogens is 430 g/mol. The number of carboxylic acid groups (broad SMARTS) is 1. The number of nitrogens with one attached hydrogen (secondary N) is 1. The number of hydrogen-bond acceptors (Lipinski definition) is 4. The van der Waals surface area contributed by atoms with E-state index in [-0.39, 0.29) is 6.42 Å². The van der Waals surface area contributed by atoms with Crippen LogP contribution < -0.4 is 11.1 Å². The molecule has 2 atom stereocenters. The van der Waals surface area contributed by atoms with Gasteiger partial charge in [0.15, 0.2) is 6.04 Å². The van der Waals surface area contributed by atoms with Crippen molar-refractivity contribution in [2.75, 3.05) is 0 Å². The molecule has 0 spiro atoms. The second-order valence-electron chi connectivity index (χ2n) is 8.13. The van der Waals surface area contributed by atoms with Gasteiger partial charge in [-0.25, -0.2) is 14.5 Å². The Morgan fingerprint density at radius 3 is 2.15 bits per heavy atom. The summed E-state index contributed by atoms with van der Waals surface area (Å²) in [6, 6.07) is 16.1.